The third kappa shape index (κ3) is 47.5. The number of hydrogen-bond acceptors (Lipinski definition) is 6. The Bertz CT molecular complexity index is 916. The number of hydrogen-bond donors (Lipinski definition) is 0. The second kappa shape index (κ2) is 46.9. The number of ether oxygens (including phenoxy) is 3. The second-order valence-corrected chi connectivity index (χ2v) is 19.5. The molecule has 0 aromatic carbocycles. The first kappa shape index (κ1) is 58.4. The Labute approximate surface area is 374 Å². The van der Waals surface area contributed by atoms with Crippen molar-refractivity contribution in [3.05, 3.63) is 0 Å². The average molecular weight is 849 g/mol. The number of unbranched alkanes of at least 4 members (excludes halogenated alkanes) is 33. The summed E-state index contributed by atoms with van der Waals surface area (Å²) in [6.07, 6.45) is 48.2. The van der Waals surface area contributed by atoms with Crippen molar-refractivity contribution in [3.8, 4) is 0 Å². The number of carbonyl (C=O) groups is 3. The zero-order valence-corrected chi connectivity index (χ0v) is 41.1. The minimum Gasteiger partial charge on any atom is -0.462 e. The van der Waals surface area contributed by atoms with Crippen LogP contribution in [-0.2, 0) is 28.6 Å². The van der Waals surface area contributed by atoms with Gasteiger partial charge in [-0.3, -0.25) is 14.4 Å². The Balaban J connectivity index is 4.20. The molecule has 0 aliphatic carbocycles. The van der Waals surface area contributed by atoms with Crippen LogP contribution in [0.2, 0.25) is 0 Å². The van der Waals surface area contributed by atoms with E-state index >= 15 is 0 Å². The van der Waals surface area contributed by atoms with Crippen LogP contribution in [0.4, 0.5) is 0 Å². The summed E-state index contributed by atoms with van der Waals surface area (Å²) in [5.74, 6) is 0.770. The summed E-state index contributed by atoms with van der Waals surface area (Å²) in [5, 5.41) is 0. The van der Waals surface area contributed by atoms with E-state index in [1.165, 1.54) is 186 Å². The van der Waals surface area contributed by atoms with Crippen LogP contribution in [0.3, 0.4) is 0 Å². The van der Waals surface area contributed by atoms with Gasteiger partial charge in [0.15, 0.2) is 6.10 Å². The number of rotatable bonds is 48. The van der Waals surface area contributed by atoms with Crippen molar-refractivity contribution < 1.29 is 28.6 Å². The summed E-state index contributed by atoms with van der Waals surface area (Å²) in [6, 6.07) is 0. The fourth-order valence-corrected chi connectivity index (χ4v) is 8.17. The molecule has 0 amide bonds. The Morgan fingerprint density at radius 3 is 0.817 bits per heavy atom. The normalized spacial score (nSPS) is 12.1. The standard InChI is InChI=1S/C54H104O6/c1-6-7-8-9-10-11-12-22-25-28-34-39-44-52(55)58-47-51(48-59-53(56)45-40-35-31-30-33-38-43-50(4)5)60-54(57)46-41-36-29-26-23-20-18-16-14-13-15-17-19-21-24-27-32-37-42-49(2)3/h49-51H,6-48H2,1-5H3/t51-/m0/s1. The highest BCUT2D eigenvalue weighted by atomic mass is 16.6. The summed E-state index contributed by atoms with van der Waals surface area (Å²) in [6.45, 7) is 11.3. The molecule has 0 aromatic heterocycles. The van der Waals surface area contributed by atoms with E-state index in [1.54, 1.807) is 0 Å². The molecule has 0 fully saturated rings. The lowest BCUT2D eigenvalue weighted by Gasteiger charge is -2.18. The van der Waals surface area contributed by atoms with Crippen LogP contribution in [0.25, 0.3) is 0 Å². The molecular formula is C54H104O6. The Hall–Kier alpha value is -1.59. The zero-order chi connectivity index (χ0) is 44.0. The van der Waals surface area contributed by atoms with Gasteiger partial charge in [-0.1, -0.05) is 259 Å². The fourth-order valence-electron chi connectivity index (χ4n) is 8.17. The minimum absolute atomic E-state index is 0.0642. The van der Waals surface area contributed by atoms with E-state index in [0.29, 0.717) is 19.3 Å². The van der Waals surface area contributed by atoms with Gasteiger partial charge >= 0.3 is 17.9 Å². The maximum Gasteiger partial charge on any atom is 0.306 e. The van der Waals surface area contributed by atoms with Gasteiger partial charge in [-0.05, 0) is 31.1 Å². The highest BCUT2D eigenvalue weighted by Gasteiger charge is 2.19. The topological polar surface area (TPSA) is 78.9 Å². The van der Waals surface area contributed by atoms with Crippen LogP contribution in [0.1, 0.15) is 298 Å². The molecule has 6 nitrogen and oxygen atoms in total. The molecule has 0 heterocycles. The van der Waals surface area contributed by atoms with E-state index in [-0.39, 0.29) is 31.1 Å². The molecule has 60 heavy (non-hydrogen) atoms. The first-order valence-electron chi connectivity index (χ1n) is 26.7. The van der Waals surface area contributed by atoms with Crippen molar-refractivity contribution in [2.75, 3.05) is 13.2 Å². The summed E-state index contributed by atoms with van der Waals surface area (Å²) in [4.78, 5) is 37.9. The number of carbonyl (C=O) groups excluding carboxylic acids is 3. The van der Waals surface area contributed by atoms with Gasteiger partial charge in [0, 0.05) is 19.3 Å². The monoisotopic (exact) mass is 849 g/mol. The molecule has 0 aliphatic heterocycles. The van der Waals surface area contributed by atoms with Crippen molar-refractivity contribution in [2.45, 2.75) is 304 Å². The lowest BCUT2D eigenvalue weighted by Crippen LogP contribution is -2.30. The molecule has 1 atom stereocenters. The molecule has 0 spiro atoms. The van der Waals surface area contributed by atoms with E-state index in [9.17, 15) is 14.4 Å². The Morgan fingerprint density at radius 1 is 0.317 bits per heavy atom. The van der Waals surface area contributed by atoms with E-state index in [0.717, 1.165) is 69.6 Å². The van der Waals surface area contributed by atoms with E-state index in [4.69, 9.17) is 14.2 Å². The average Bonchev–Trinajstić information content (AvgIpc) is 3.22. The van der Waals surface area contributed by atoms with Crippen molar-refractivity contribution in [1.29, 1.82) is 0 Å². The van der Waals surface area contributed by atoms with Crippen LogP contribution < -0.4 is 0 Å². The lowest BCUT2D eigenvalue weighted by molar-refractivity contribution is -0.167. The van der Waals surface area contributed by atoms with Gasteiger partial charge in [-0.15, -0.1) is 0 Å². The van der Waals surface area contributed by atoms with Gasteiger partial charge in [-0.25, -0.2) is 0 Å². The molecule has 0 saturated carbocycles. The summed E-state index contributed by atoms with van der Waals surface area (Å²) in [5.41, 5.74) is 0. The van der Waals surface area contributed by atoms with Crippen molar-refractivity contribution in [2.24, 2.45) is 11.8 Å². The highest BCUT2D eigenvalue weighted by molar-refractivity contribution is 5.71. The SMILES string of the molecule is CCCCCCCCCCCCCCC(=O)OC[C@@H](COC(=O)CCCCCCCCC(C)C)OC(=O)CCCCCCCCCCCCCCCCCCCCC(C)C. The molecule has 0 unspecified atom stereocenters. The van der Waals surface area contributed by atoms with Crippen molar-refractivity contribution >= 4 is 17.9 Å². The smallest absolute Gasteiger partial charge is 0.306 e. The van der Waals surface area contributed by atoms with Crippen LogP contribution in [0.15, 0.2) is 0 Å². The molecule has 0 bridgehead atoms. The molecule has 0 saturated heterocycles. The van der Waals surface area contributed by atoms with Gasteiger partial charge in [-0.2, -0.15) is 0 Å². The third-order valence-electron chi connectivity index (χ3n) is 12.2. The van der Waals surface area contributed by atoms with Crippen molar-refractivity contribution in [3.63, 3.8) is 0 Å². The second-order valence-electron chi connectivity index (χ2n) is 19.5. The molecule has 0 aromatic rings. The first-order valence-corrected chi connectivity index (χ1v) is 26.7. The molecule has 0 radical (unpaired) electrons. The molecule has 0 N–H and O–H groups in total. The van der Waals surface area contributed by atoms with Crippen LogP contribution in [0, 0.1) is 11.8 Å². The molecule has 0 aliphatic rings. The molecule has 0 rings (SSSR count). The van der Waals surface area contributed by atoms with Crippen LogP contribution in [-0.4, -0.2) is 37.2 Å². The van der Waals surface area contributed by atoms with E-state index in [1.807, 2.05) is 0 Å². The predicted octanol–water partition coefficient (Wildman–Crippen LogP) is 17.3. The highest BCUT2D eigenvalue weighted by Crippen LogP contribution is 2.18. The summed E-state index contributed by atoms with van der Waals surface area (Å²) >= 11 is 0. The summed E-state index contributed by atoms with van der Waals surface area (Å²) < 4.78 is 16.8. The molecule has 356 valence electrons. The predicted molar refractivity (Wildman–Crippen MR) is 256 cm³/mol. The largest absolute Gasteiger partial charge is 0.462 e. The van der Waals surface area contributed by atoms with E-state index < -0.39 is 6.10 Å². The van der Waals surface area contributed by atoms with Crippen LogP contribution >= 0.6 is 0 Å². The molecular weight excluding hydrogens is 745 g/mol. The number of esters is 3. The van der Waals surface area contributed by atoms with Gasteiger partial charge < -0.3 is 14.2 Å². The van der Waals surface area contributed by atoms with Gasteiger partial charge in [0.1, 0.15) is 13.2 Å². The fraction of sp³-hybridized carbons (Fsp3) is 0.944. The first-order chi connectivity index (χ1) is 29.2. The zero-order valence-electron chi connectivity index (χ0n) is 41.1. The Morgan fingerprint density at radius 2 is 0.550 bits per heavy atom. The van der Waals surface area contributed by atoms with Gasteiger partial charge in [0.2, 0.25) is 0 Å². The van der Waals surface area contributed by atoms with Crippen molar-refractivity contribution in [1.82, 2.24) is 0 Å². The summed E-state index contributed by atoms with van der Waals surface area (Å²) in [7, 11) is 0. The third-order valence-corrected chi connectivity index (χ3v) is 12.2. The molecule has 6 heteroatoms. The Kier molecular flexibility index (Phi) is 45.7. The van der Waals surface area contributed by atoms with Gasteiger partial charge in [0.25, 0.3) is 0 Å². The van der Waals surface area contributed by atoms with Crippen LogP contribution in [0.5, 0.6) is 0 Å². The maximum absolute atomic E-state index is 12.8. The maximum atomic E-state index is 12.8. The van der Waals surface area contributed by atoms with Gasteiger partial charge in [0.05, 0.1) is 0 Å². The minimum atomic E-state index is -0.761. The van der Waals surface area contributed by atoms with E-state index in [2.05, 4.69) is 34.6 Å². The quantitative estimate of drug-likeness (QED) is 0.0345. The lowest BCUT2D eigenvalue weighted by atomic mass is 10.0.